The van der Waals surface area contributed by atoms with E-state index in [1.807, 2.05) is 61.0 Å². The standard InChI is InChI=1S/C24H26N6O2S/c1-3-22-26-23(21-17-25-30(24(21)27-22)19-7-5-4-6-8-19)28-13-15-29(16-14-28)33(31,32)20-11-9-18(2)10-12-20/h4-12,17H,3,13-16H2,1-2H3. The van der Waals surface area contributed by atoms with Gasteiger partial charge in [-0.1, -0.05) is 42.8 Å². The predicted octanol–water partition coefficient (Wildman–Crippen LogP) is 3.20. The molecular formula is C24H26N6O2S. The lowest BCUT2D eigenvalue weighted by molar-refractivity contribution is 0.384. The summed E-state index contributed by atoms with van der Waals surface area (Å²) < 4.78 is 29.6. The molecule has 0 N–H and O–H groups in total. The monoisotopic (exact) mass is 462 g/mol. The molecule has 1 aliphatic rings. The first-order chi connectivity index (χ1) is 16.0. The van der Waals surface area contributed by atoms with Gasteiger partial charge in [-0.05, 0) is 31.2 Å². The van der Waals surface area contributed by atoms with E-state index in [1.165, 1.54) is 0 Å². The van der Waals surface area contributed by atoms with Gasteiger partial charge in [0.2, 0.25) is 10.0 Å². The minimum Gasteiger partial charge on any atom is -0.353 e. The Morgan fingerprint density at radius 1 is 0.909 bits per heavy atom. The zero-order valence-corrected chi connectivity index (χ0v) is 19.5. The highest BCUT2D eigenvalue weighted by molar-refractivity contribution is 7.89. The van der Waals surface area contributed by atoms with Crippen LogP contribution in [-0.2, 0) is 16.4 Å². The molecule has 9 heteroatoms. The molecule has 5 rings (SSSR count). The summed E-state index contributed by atoms with van der Waals surface area (Å²) >= 11 is 0. The molecule has 2 aromatic heterocycles. The van der Waals surface area contributed by atoms with Crippen molar-refractivity contribution in [3.8, 4) is 5.69 Å². The SMILES string of the molecule is CCc1nc(N2CCN(S(=O)(=O)c3ccc(C)cc3)CC2)c2cnn(-c3ccccc3)c2n1. The summed E-state index contributed by atoms with van der Waals surface area (Å²) in [4.78, 5) is 12.0. The molecule has 0 aliphatic carbocycles. The zero-order chi connectivity index (χ0) is 23.0. The van der Waals surface area contributed by atoms with Gasteiger partial charge in [-0.15, -0.1) is 0 Å². The number of hydrogen-bond acceptors (Lipinski definition) is 6. The minimum atomic E-state index is -3.51. The van der Waals surface area contributed by atoms with Gasteiger partial charge in [0.25, 0.3) is 0 Å². The maximum absolute atomic E-state index is 13.1. The Bertz CT molecular complexity index is 1380. The molecule has 1 aliphatic heterocycles. The van der Waals surface area contributed by atoms with E-state index in [-0.39, 0.29) is 0 Å². The molecule has 0 spiro atoms. The molecule has 0 bridgehead atoms. The number of hydrogen-bond donors (Lipinski definition) is 0. The van der Waals surface area contributed by atoms with E-state index >= 15 is 0 Å². The summed E-state index contributed by atoms with van der Waals surface area (Å²) in [5, 5.41) is 5.45. The number of nitrogens with zero attached hydrogens (tertiary/aromatic N) is 6. The number of benzene rings is 2. The molecule has 0 unspecified atom stereocenters. The number of rotatable bonds is 5. The molecule has 0 radical (unpaired) electrons. The van der Waals surface area contributed by atoms with Crippen LogP contribution in [0.25, 0.3) is 16.7 Å². The Hall–Kier alpha value is -3.30. The molecule has 33 heavy (non-hydrogen) atoms. The van der Waals surface area contributed by atoms with Gasteiger partial charge in [0.15, 0.2) is 5.65 Å². The van der Waals surface area contributed by atoms with E-state index in [0.29, 0.717) is 37.5 Å². The van der Waals surface area contributed by atoms with Gasteiger partial charge >= 0.3 is 0 Å². The molecule has 1 fully saturated rings. The van der Waals surface area contributed by atoms with Crippen LogP contribution in [0.15, 0.2) is 65.7 Å². The fraction of sp³-hybridized carbons (Fsp3) is 0.292. The third-order valence-corrected chi connectivity index (χ3v) is 7.88. The van der Waals surface area contributed by atoms with Crippen LogP contribution in [0.5, 0.6) is 0 Å². The highest BCUT2D eigenvalue weighted by Gasteiger charge is 2.30. The Kier molecular flexibility index (Phi) is 5.59. The second-order valence-electron chi connectivity index (χ2n) is 8.15. The van der Waals surface area contributed by atoms with Crippen LogP contribution in [0.4, 0.5) is 5.82 Å². The smallest absolute Gasteiger partial charge is 0.243 e. The van der Waals surface area contributed by atoms with Crippen molar-refractivity contribution in [2.45, 2.75) is 25.2 Å². The third-order valence-electron chi connectivity index (χ3n) is 5.97. The van der Waals surface area contributed by atoms with Gasteiger partial charge in [-0.25, -0.2) is 23.1 Å². The first-order valence-corrected chi connectivity index (χ1v) is 12.5. The van der Waals surface area contributed by atoms with Gasteiger partial charge in [-0.3, -0.25) is 0 Å². The Labute approximate surface area is 193 Å². The molecule has 0 amide bonds. The average Bonchev–Trinajstić information content (AvgIpc) is 3.28. The van der Waals surface area contributed by atoms with Crippen LogP contribution in [0.1, 0.15) is 18.3 Å². The first kappa shape index (κ1) is 21.5. The lowest BCUT2D eigenvalue weighted by Gasteiger charge is -2.35. The van der Waals surface area contributed by atoms with Crippen molar-refractivity contribution in [2.24, 2.45) is 0 Å². The molecule has 4 aromatic rings. The maximum Gasteiger partial charge on any atom is 0.243 e. The summed E-state index contributed by atoms with van der Waals surface area (Å²) in [5.41, 5.74) is 2.74. The molecule has 3 heterocycles. The van der Waals surface area contributed by atoms with Crippen LogP contribution in [0.3, 0.4) is 0 Å². The summed E-state index contributed by atoms with van der Waals surface area (Å²) in [6.07, 6.45) is 2.50. The second-order valence-corrected chi connectivity index (χ2v) is 10.1. The lowest BCUT2D eigenvalue weighted by atomic mass is 10.2. The second kappa shape index (κ2) is 8.57. The predicted molar refractivity (Wildman–Crippen MR) is 128 cm³/mol. The Balaban J connectivity index is 1.44. The molecule has 8 nitrogen and oxygen atoms in total. The maximum atomic E-state index is 13.1. The van der Waals surface area contributed by atoms with Crippen molar-refractivity contribution in [3.05, 3.63) is 72.2 Å². The average molecular weight is 463 g/mol. The van der Waals surface area contributed by atoms with Gasteiger partial charge in [0.05, 0.1) is 22.2 Å². The van der Waals surface area contributed by atoms with E-state index in [9.17, 15) is 8.42 Å². The minimum absolute atomic E-state index is 0.336. The fourth-order valence-corrected chi connectivity index (χ4v) is 5.52. The van der Waals surface area contributed by atoms with E-state index in [2.05, 4.69) is 10.00 Å². The summed E-state index contributed by atoms with van der Waals surface area (Å²) in [5.74, 6) is 1.55. The topological polar surface area (TPSA) is 84.2 Å². The quantitative estimate of drug-likeness (QED) is 0.453. The van der Waals surface area contributed by atoms with Crippen molar-refractivity contribution in [1.82, 2.24) is 24.1 Å². The largest absolute Gasteiger partial charge is 0.353 e. The lowest BCUT2D eigenvalue weighted by Crippen LogP contribution is -2.49. The third kappa shape index (κ3) is 3.98. The van der Waals surface area contributed by atoms with E-state index < -0.39 is 10.0 Å². The number of para-hydroxylation sites is 1. The van der Waals surface area contributed by atoms with Crippen LogP contribution in [0, 0.1) is 6.92 Å². The van der Waals surface area contributed by atoms with Crippen LogP contribution >= 0.6 is 0 Å². The number of anilines is 1. The van der Waals surface area contributed by atoms with E-state index in [1.54, 1.807) is 22.6 Å². The highest BCUT2D eigenvalue weighted by Crippen LogP contribution is 2.28. The van der Waals surface area contributed by atoms with Crippen LogP contribution in [0.2, 0.25) is 0 Å². The summed E-state index contributed by atoms with van der Waals surface area (Å²) in [6.45, 7) is 5.88. The number of fused-ring (bicyclic) bond motifs is 1. The molecule has 0 saturated carbocycles. The van der Waals surface area contributed by atoms with Gasteiger partial charge in [-0.2, -0.15) is 9.40 Å². The molecule has 170 valence electrons. The zero-order valence-electron chi connectivity index (χ0n) is 18.7. The molecule has 1 saturated heterocycles. The molecule has 2 aromatic carbocycles. The molecule has 0 atom stereocenters. The molecular weight excluding hydrogens is 436 g/mol. The van der Waals surface area contributed by atoms with Crippen molar-refractivity contribution in [1.29, 1.82) is 0 Å². The fourth-order valence-electron chi connectivity index (χ4n) is 4.09. The number of aryl methyl sites for hydroxylation is 2. The Morgan fingerprint density at radius 2 is 1.61 bits per heavy atom. The van der Waals surface area contributed by atoms with Crippen molar-refractivity contribution in [2.75, 3.05) is 31.1 Å². The van der Waals surface area contributed by atoms with Gasteiger partial charge < -0.3 is 4.90 Å². The van der Waals surface area contributed by atoms with Gasteiger partial charge in [0, 0.05) is 32.6 Å². The van der Waals surface area contributed by atoms with Crippen LogP contribution in [-0.4, -0.2) is 58.7 Å². The van der Waals surface area contributed by atoms with Crippen molar-refractivity contribution in [3.63, 3.8) is 0 Å². The summed E-state index contributed by atoms with van der Waals surface area (Å²) in [6, 6.07) is 16.9. The Morgan fingerprint density at radius 3 is 2.27 bits per heavy atom. The number of aromatic nitrogens is 4. The van der Waals surface area contributed by atoms with Crippen LogP contribution < -0.4 is 4.90 Å². The van der Waals surface area contributed by atoms with Crippen molar-refractivity contribution < 1.29 is 8.42 Å². The van der Waals surface area contributed by atoms with E-state index in [0.717, 1.165) is 33.9 Å². The first-order valence-electron chi connectivity index (χ1n) is 11.1. The number of piperazine rings is 1. The van der Waals surface area contributed by atoms with E-state index in [4.69, 9.17) is 9.97 Å². The van der Waals surface area contributed by atoms with Crippen molar-refractivity contribution >= 4 is 26.9 Å². The highest BCUT2D eigenvalue weighted by atomic mass is 32.2. The van der Waals surface area contributed by atoms with Gasteiger partial charge in [0.1, 0.15) is 11.6 Å². The normalized spacial score (nSPS) is 15.3. The summed E-state index contributed by atoms with van der Waals surface area (Å²) in [7, 11) is -3.51. The number of sulfonamides is 1.